The Bertz CT molecular complexity index is 668. The van der Waals surface area contributed by atoms with E-state index in [-0.39, 0.29) is 5.56 Å². The minimum atomic E-state index is -1.21. The number of hydrogen-bond acceptors (Lipinski definition) is 2. The minimum absolute atomic E-state index is 0.268. The van der Waals surface area contributed by atoms with Crippen LogP contribution in [0.3, 0.4) is 0 Å². The van der Waals surface area contributed by atoms with Crippen molar-refractivity contribution in [2.75, 3.05) is 0 Å². The lowest BCUT2D eigenvalue weighted by Gasteiger charge is -2.09. The highest BCUT2D eigenvalue weighted by Gasteiger charge is 2.26. The van der Waals surface area contributed by atoms with Gasteiger partial charge in [0.2, 0.25) is 5.43 Å². The Morgan fingerprint density at radius 1 is 1.35 bits per heavy atom. The van der Waals surface area contributed by atoms with Crippen molar-refractivity contribution in [3.8, 4) is 0 Å². The maximum Gasteiger partial charge on any atom is 0.341 e. The van der Waals surface area contributed by atoms with Crippen LogP contribution in [0.5, 0.6) is 0 Å². The molecule has 1 fully saturated rings. The molecule has 17 heavy (non-hydrogen) atoms. The Hall–Kier alpha value is -2.10. The summed E-state index contributed by atoms with van der Waals surface area (Å²) >= 11 is 0. The summed E-state index contributed by atoms with van der Waals surface area (Å²) in [6.07, 6.45) is 4.75. The molecule has 0 bridgehead atoms. The number of benzene rings is 1. The Balaban J connectivity index is 2.42. The van der Waals surface area contributed by atoms with E-state index >= 15 is 0 Å². The molecule has 1 heterocycles. The molecule has 0 amide bonds. The van der Waals surface area contributed by atoms with Gasteiger partial charge in [0.1, 0.15) is 5.56 Å². The van der Waals surface area contributed by atoms with Gasteiger partial charge in [0.15, 0.2) is 0 Å². The van der Waals surface area contributed by atoms with E-state index in [0.717, 1.165) is 18.4 Å². The molecule has 1 aromatic heterocycles. The van der Waals surface area contributed by atoms with Gasteiger partial charge in [-0.25, -0.2) is 4.79 Å². The number of fused-ring (bicyclic) bond motifs is 1. The van der Waals surface area contributed by atoms with E-state index in [1.54, 1.807) is 16.7 Å². The average molecular weight is 228 g/mol. The first-order chi connectivity index (χ1) is 8.18. The molecular weight excluding hydrogens is 218 g/mol. The summed E-state index contributed by atoms with van der Waals surface area (Å²) in [6, 6.07) is 7.37. The highest BCUT2D eigenvalue weighted by molar-refractivity contribution is 5.92. The lowest BCUT2D eigenvalue weighted by Crippen LogP contribution is -2.19. The second kappa shape index (κ2) is 3.45. The number of rotatable bonds is 2. The second-order valence-corrected chi connectivity index (χ2v) is 4.24. The molecule has 0 spiro atoms. The SMILES string of the molecule is O=C(O)c1[c]n(C2CC2)c2ccccc2c1=O. The zero-order valence-electron chi connectivity index (χ0n) is 9.01. The predicted octanol–water partition coefficient (Wildman–Crippen LogP) is 1.83. The first-order valence-corrected chi connectivity index (χ1v) is 5.48. The zero-order valence-corrected chi connectivity index (χ0v) is 9.01. The first-order valence-electron chi connectivity index (χ1n) is 5.48. The van der Waals surface area contributed by atoms with Crippen LogP contribution >= 0.6 is 0 Å². The van der Waals surface area contributed by atoms with Gasteiger partial charge in [-0.05, 0) is 25.0 Å². The lowest BCUT2D eigenvalue weighted by molar-refractivity contribution is 0.0694. The molecule has 4 heteroatoms. The van der Waals surface area contributed by atoms with Crippen LogP contribution in [0.1, 0.15) is 29.2 Å². The molecule has 0 atom stereocenters. The normalized spacial score (nSPS) is 15.1. The highest BCUT2D eigenvalue weighted by atomic mass is 16.4. The van der Waals surface area contributed by atoms with Crippen molar-refractivity contribution < 1.29 is 9.90 Å². The summed E-state index contributed by atoms with van der Waals surface area (Å²) in [6.45, 7) is 0. The fourth-order valence-corrected chi connectivity index (χ4v) is 2.01. The van der Waals surface area contributed by atoms with Crippen molar-refractivity contribution in [1.29, 1.82) is 0 Å². The van der Waals surface area contributed by atoms with E-state index in [9.17, 15) is 9.59 Å². The number of hydrogen-bond donors (Lipinski definition) is 1. The van der Waals surface area contributed by atoms with E-state index in [1.807, 2.05) is 12.1 Å². The molecule has 0 unspecified atom stereocenters. The van der Waals surface area contributed by atoms with E-state index in [2.05, 4.69) is 6.20 Å². The predicted molar refractivity (Wildman–Crippen MR) is 62.3 cm³/mol. The van der Waals surface area contributed by atoms with Crippen molar-refractivity contribution in [2.24, 2.45) is 0 Å². The smallest absolute Gasteiger partial charge is 0.341 e. The Kier molecular flexibility index (Phi) is 2.04. The summed E-state index contributed by atoms with van der Waals surface area (Å²) in [4.78, 5) is 23.0. The van der Waals surface area contributed by atoms with Crippen LogP contribution in [0, 0.1) is 6.20 Å². The summed E-state index contributed by atoms with van der Waals surface area (Å²) < 4.78 is 1.79. The number of carboxylic acids is 1. The van der Waals surface area contributed by atoms with Crippen LogP contribution in [0.15, 0.2) is 29.1 Å². The molecule has 4 nitrogen and oxygen atoms in total. The zero-order chi connectivity index (χ0) is 12.0. The molecule has 2 aromatic rings. The van der Waals surface area contributed by atoms with E-state index in [0.29, 0.717) is 11.4 Å². The molecule has 0 aliphatic heterocycles. The molecule has 1 N–H and O–H groups in total. The summed E-state index contributed by atoms with van der Waals surface area (Å²) in [5.74, 6) is -1.21. The van der Waals surface area contributed by atoms with E-state index in [4.69, 9.17) is 5.11 Å². The number of aromatic nitrogens is 1. The average Bonchev–Trinajstić information content (AvgIpc) is 3.13. The third kappa shape index (κ3) is 1.53. The highest BCUT2D eigenvalue weighted by Crippen LogP contribution is 2.36. The van der Waals surface area contributed by atoms with Crippen LogP contribution in [0.25, 0.3) is 10.9 Å². The van der Waals surface area contributed by atoms with Crippen LogP contribution in [-0.4, -0.2) is 15.6 Å². The van der Waals surface area contributed by atoms with Crippen molar-refractivity contribution >= 4 is 16.9 Å². The van der Waals surface area contributed by atoms with Gasteiger partial charge in [-0.2, -0.15) is 0 Å². The molecule has 85 valence electrons. The third-order valence-electron chi connectivity index (χ3n) is 2.99. The minimum Gasteiger partial charge on any atom is -0.477 e. The molecule has 1 saturated carbocycles. The topological polar surface area (TPSA) is 59.3 Å². The Labute approximate surface area is 97.1 Å². The van der Waals surface area contributed by atoms with Crippen molar-refractivity contribution in [1.82, 2.24) is 4.57 Å². The Morgan fingerprint density at radius 3 is 2.71 bits per heavy atom. The first kappa shape index (κ1) is 10.1. The number of nitrogens with zero attached hydrogens (tertiary/aromatic N) is 1. The number of para-hydroxylation sites is 1. The monoisotopic (exact) mass is 228 g/mol. The molecule has 3 rings (SSSR count). The van der Waals surface area contributed by atoms with Gasteiger partial charge in [0, 0.05) is 11.4 Å². The fraction of sp³-hybridized carbons (Fsp3) is 0.231. The molecule has 0 saturated heterocycles. The Morgan fingerprint density at radius 2 is 2.06 bits per heavy atom. The van der Waals surface area contributed by atoms with Gasteiger partial charge in [0.25, 0.3) is 0 Å². The third-order valence-corrected chi connectivity index (χ3v) is 2.99. The lowest BCUT2D eigenvalue weighted by atomic mass is 10.1. The van der Waals surface area contributed by atoms with Gasteiger partial charge in [-0.3, -0.25) is 4.79 Å². The molecular formula is C13H10NO3. The summed E-state index contributed by atoms with van der Waals surface area (Å²) in [5.41, 5.74) is 0.0469. The summed E-state index contributed by atoms with van der Waals surface area (Å²) in [7, 11) is 0. The van der Waals surface area contributed by atoms with Gasteiger partial charge < -0.3 is 9.67 Å². The molecule has 1 aliphatic rings. The van der Waals surface area contributed by atoms with Crippen molar-refractivity contribution in [3.05, 3.63) is 46.2 Å². The quantitative estimate of drug-likeness (QED) is 0.853. The summed E-state index contributed by atoms with van der Waals surface area (Å²) in [5, 5.41) is 9.46. The number of aromatic carboxylic acids is 1. The number of carbonyl (C=O) groups is 1. The van der Waals surface area contributed by atoms with Gasteiger partial charge >= 0.3 is 5.97 Å². The van der Waals surface area contributed by atoms with Crippen LogP contribution in [0.2, 0.25) is 0 Å². The van der Waals surface area contributed by atoms with Crippen LogP contribution in [-0.2, 0) is 0 Å². The molecule has 1 radical (unpaired) electrons. The van der Waals surface area contributed by atoms with Gasteiger partial charge in [-0.1, -0.05) is 12.1 Å². The van der Waals surface area contributed by atoms with Crippen molar-refractivity contribution in [3.63, 3.8) is 0 Å². The fourth-order valence-electron chi connectivity index (χ4n) is 2.01. The second-order valence-electron chi connectivity index (χ2n) is 4.24. The maximum atomic E-state index is 11.9. The molecule has 1 aromatic carbocycles. The van der Waals surface area contributed by atoms with Crippen LogP contribution < -0.4 is 5.43 Å². The van der Waals surface area contributed by atoms with Crippen molar-refractivity contribution in [2.45, 2.75) is 18.9 Å². The van der Waals surface area contributed by atoms with Crippen LogP contribution in [0.4, 0.5) is 0 Å². The van der Waals surface area contributed by atoms with Gasteiger partial charge in [-0.15, -0.1) is 0 Å². The maximum absolute atomic E-state index is 11.9. The van der Waals surface area contributed by atoms with Gasteiger partial charge in [0.05, 0.1) is 11.7 Å². The van der Waals surface area contributed by atoms with E-state index < -0.39 is 11.4 Å². The largest absolute Gasteiger partial charge is 0.477 e. The standard InChI is InChI=1S/C13H10NO3/c15-12-9-3-1-2-4-11(9)14(8-5-6-8)7-10(12)13(16)17/h1-4,8H,5-6H2,(H,16,17). The number of pyridine rings is 1. The van der Waals surface area contributed by atoms with E-state index in [1.165, 1.54) is 0 Å². The number of carboxylic acid groups (broad SMARTS) is 1. The molecule has 1 aliphatic carbocycles.